The fourth-order valence-electron chi connectivity index (χ4n) is 9.08. The summed E-state index contributed by atoms with van der Waals surface area (Å²) >= 11 is 1.75. The van der Waals surface area contributed by atoms with Crippen molar-refractivity contribution in [3.8, 4) is 68.1 Å². The summed E-state index contributed by atoms with van der Waals surface area (Å²) < 4.78 is 1.25. The molecule has 2 bridgehead atoms. The molecule has 0 N–H and O–H groups in total. The normalized spacial score (nSPS) is 14.8. The zero-order valence-electron chi connectivity index (χ0n) is 31.7. The Balaban J connectivity index is 0.996. The van der Waals surface area contributed by atoms with Crippen LogP contribution >= 0.6 is 11.3 Å². The summed E-state index contributed by atoms with van der Waals surface area (Å²) in [6, 6.07) is 64.1. The molecular formula is C53H33N5S. The van der Waals surface area contributed by atoms with Crippen molar-refractivity contribution in [2.24, 2.45) is 0 Å². The number of hydrogen-bond acceptors (Lipinski definition) is 6. The molecule has 0 fully saturated rings. The molecule has 6 heteroatoms. The van der Waals surface area contributed by atoms with Gasteiger partial charge in [-0.3, -0.25) is 0 Å². The molecule has 13 rings (SSSR count). The van der Waals surface area contributed by atoms with E-state index in [4.69, 9.17) is 24.9 Å². The van der Waals surface area contributed by atoms with E-state index in [1.54, 1.807) is 11.3 Å². The molecule has 2 unspecified atom stereocenters. The van der Waals surface area contributed by atoms with Gasteiger partial charge in [0.2, 0.25) is 0 Å². The van der Waals surface area contributed by atoms with Crippen LogP contribution in [0.5, 0.6) is 0 Å². The van der Waals surface area contributed by atoms with E-state index in [1.165, 1.54) is 43.5 Å². The largest absolute Gasteiger partial charge is 0.228 e. The third-order valence-corrected chi connectivity index (χ3v) is 12.8. The summed E-state index contributed by atoms with van der Waals surface area (Å²) in [4.78, 5) is 25.5. The van der Waals surface area contributed by atoms with E-state index in [0.717, 1.165) is 50.6 Å². The molecule has 3 aromatic heterocycles. The number of fused-ring (bicyclic) bond motifs is 1. The molecule has 0 saturated carbocycles. The minimum absolute atomic E-state index is 0.0669. The minimum Gasteiger partial charge on any atom is -0.228 e. The van der Waals surface area contributed by atoms with Crippen LogP contribution in [0.25, 0.3) is 78.2 Å². The van der Waals surface area contributed by atoms with Gasteiger partial charge in [-0.15, -0.1) is 11.3 Å². The molecule has 276 valence electrons. The van der Waals surface area contributed by atoms with E-state index in [9.17, 15) is 0 Å². The highest BCUT2D eigenvalue weighted by molar-refractivity contribution is 7.17. The van der Waals surface area contributed by atoms with Gasteiger partial charge in [0.05, 0.1) is 11.4 Å². The Morgan fingerprint density at radius 2 is 0.763 bits per heavy atom. The fourth-order valence-corrected chi connectivity index (χ4v) is 10.0. The minimum atomic E-state index is 0.0669. The molecule has 3 heterocycles. The van der Waals surface area contributed by atoms with Crippen LogP contribution in [0.3, 0.4) is 0 Å². The molecule has 0 aliphatic heterocycles. The highest BCUT2D eigenvalue weighted by Crippen LogP contribution is 2.56. The van der Waals surface area contributed by atoms with Crippen LogP contribution in [-0.2, 0) is 0 Å². The predicted octanol–water partition coefficient (Wildman–Crippen LogP) is 12.9. The molecule has 3 aliphatic rings. The van der Waals surface area contributed by atoms with Gasteiger partial charge in [0, 0.05) is 60.7 Å². The second-order valence-corrected chi connectivity index (χ2v) is 16.1. The molecular weight excluding hydrogens is 739 g/mol. The summed E-state index contributed by atoms with van der Waals surface area (Å²) in [7, 11) is 0. The average Bonchev–Trinajstić information content (AvgIpc) is 3.76. The highest BCUT2D eigenvalue weighted by atomic mass is 32.1. The molecule has 7 aromatic carbocycles. The lowest BCUT2D eigenvalue weighted by Crippen LogP contribution is -2.27. The van der Waals surface area contributed by atoms with E-state index in [1.807, 2.05) is 54.6 Å². The second kappa shape index (κ2) is 13.6. The molecule has 3 aliphatic carbocycles. The van der Waals surface area contributed by atoms with Gasteiger partial charge in [-0.2, -0.15) is 0 Å². The summed E-state index contributed by atoms with van der Waals surface area (Å²) in [5, 5.41) is 3.43. The van der Waals surface area contributed by atoms with Crippen LogP contribution in [0.15, 0.2) is 187 Å². The number of thiophene rings is 1. The van der Waals surface area contributed by atoms with Crippen LogP contribution in [0.4, 0.5) is 0 Å². The molecule has 0 amide bonds. The lowest BCUT2D eigenvalue weighted by molar-refractivity contribution is 0.754. The maximum Gasteiger partial charge on any atom is 0.164 e. The van der Waals surface area contributed by atoms with Crippen LogP contribution in [0.2, 0.25) is 0 Å². The Morgan fingerprint density at radius 1 is 0.322 bits per heavy atom. The standard InChI is InChI=1S/C53H33N5S/c1-4-14-32(15-5-1)50-54-45(30-46(55-50)44-31-59-47-23-13-12-20-37(44)47)35-24-26-40-42(28-35)48-38-21-10-11-22-39(38)49(40)43-29-36(25-27-41(43)48)53-57-51(33-16-6-2-7-17-33)56-52(58-53)34-18-8-3-9-19-34/h1-31,48-49H. The van der Waals surface area contributed by atoms with Crippen molar-refractivity contribution in [3.63, 3.8) is 0 Å². The van der Waals surface area contributed by atoms with Crippen LogP contribution in [-0.4, -0.2) is 24.9 Å². The van der Waals surface area contributed by atoms with E-state index in [2.05, 4.69) is 133 Å². The smallest absolute Gasteiger partial charge is 0.164 e. The van der Waals surface area contributed by atoms with Crippen molar-refractivity contribution in [1.82, 2.24) is 24.9 Å². The maximum atomic E-state index is 5.24. The van der Waals surface area contributed by atoms with Crippen molar-refractivity contribution in [3.05, 3.63) is 221 Å². The third kappa shape index (κ3) is 5.64. The van der Waals surface area contributed by atoms with Gasteiger partial charge >= 0.3 is 0 Å². The molecule has 10 aromatic rings. The van der Waals surface area contributed by atoms with E-state index >= 15 is 0 Å². The van der Waals surface area contributed by atoms with E-state index < -0.39 is 0 Å². The van der Waals surface area contributed by atoms with Crippen LogP contribution in [0.1, 0.15) is 45.2 Å². The molecule has 5 nitrogen and oxygen atoms in total. The van der Waals surface area contributed by atoms with Gasteiger partial charge in [-0.25, -0.2) is 24.9 Å². The number of nitrogens with zero attached hydrogens (tertiary/aromatic N) is 5. The highest BCUT2D eigenvalue weighted by Gasteiger charge is 2.41. The van der Waals surface area contributed by atoms with Gasteiger partial charge in [0.1, 0.15) is 0 Å². The number of benzene rings is 7. The van der Waals surface area contributed by atoms with Crippen molar-refractivity contribution >= 4 is 21.4 Å². The summed E-state index contributed by atoms with van der Waals surface area (Å²) in [5.41, 5.74) is 15.9. The zero-order chi connectivity index (χ0) is 38.9. The van der Waals surface area contributed by atoms with Gasteiger partial charge in [0.15, 0.2) is 23.3 Å². The molecule has 0 spiro atoms. The first-order valence-electron chi connectivity index (χ1n) is 19.9. The Bertz CT molecular complexity index is 3180. The Hall–Kier alpha value is -7.41. The van der Waals surface area contributed by atoms with Crippen LogP contribution < -0.4 is 0 Å². The predicted molar refractivity (Wildman–Crippen MR) is 238 cm³/mol. The van der Waals surface area contributed by atoms with Crippen molar-refractivity contribution in [2.45, 2.75) is 11.8 Å². The lowest BCUT2D eigenvalue weighted by Gasteiger charge is -2.42. The first-order chi connectivity index (χ1) is 29.2. The SMILES string of the molecule is c1ccc(-c2nc(-c3ccc4c(c3)C3c5ccccc5C4c4cc(-c5nc(-c6ccccc6)nc(-c6ccccc6)n5)ccc43)cc(-c3csc4ccccc34)n2)cc1. The topological polar surface area (TPSA) is 64.5 Å². The molecule has 2 atom stereocenters. The van der Waals surface area contributed by atoms with Crippen molar-refractivity contribution in [1.29, 1.82) is 0 Å². The summed E-state index contributed by atoms with van der Waals surface area (Å²) in [5.74, 6) is 2.85. The second-order valence-electron chi connectivity index (χ2n) is 15.2. The van der Waals surface area contributed by atoms with Gasteiger partial charge in [-0.1, -0.05) is 158 Å². The molecule has 0 radical (unpaired) electrons. The first-order valence-corrected chi connectivity index (χ1v) is 20.8. The van der Waals surface area contributed by atoms with Gasteiger partial charge in [0.25, 0.3) is 0 Å². The Morgan fingerprint density at radius 3 is 1.36 bits per heavy atom. The van der Waals surface area contributed by atoms with Crippen molar-refractivity contribution in [2.75, 3.05) is 0 Å². The Labute approximate surface area is 345 Å². The van der Waals surface area contributed by atoms with E-state index in [0.29, 0.717) is 17.5 Å². The lowest BCUT2D eigenvalue weighted by atomic mass is 9.60. The van der Waals surface area contributed by atoms with Crippen LogP contribution in [0, 0.1) is 0 Å². The monoisotopic (exact) mass is 771 g/mol. The Kier molecular flexibility index (Phi) is 7.78. The third-order valence-electron chi connectivity index (χ3n) is 11.8. The number of hydrogen-bond donors (Lipinski definition) is 0. The molecule has 0 saturated heterocycles. The van der Waals surface area contributed by atoms with Gasteiger partial charge in [-0.05, 0) is 57.6 Å². The summed E-state index contributed by atoms with van der Waals surface area (Å²) in [6.45, 7) is 0. The quantitative estimate of drug-likeness (QED) is 0.168. The maximum absolute atomic E-state index is 5.24. The summed E-state index contributed by atoms with van der Waals surface area (Å²) in [6.07, 6.45) is 0. The first kappa shape index (κ1) is 33.7. The molecule has 59 heavy (non-hydrogen) atoms. The number of aromatic nitrogens is 5. The fraction of sp³-hybridized carbons (Fsp3) is 0.0377. The average molecular weight is 772 g/mol. The zero-order valence-corrected chi connectivity index (χ0v) is 32.5. The van der Waals surface area contributed by atoms with Gasteiger partial charge < -0.3 is 0 Å². The number of rotatable bonds is 6. The van der Waals surface area contributed by atoms with E-state index in [-0.39, 0.29) is 11.8 Å². The van der Waals surface area contributed by atoms with Crippen molar-refractivity contribution < 1.29 is 0 Å².